The van der Waals surface area contributed by atoms with E-state index in [-0.39, 0.29) is 0 Å². The van der Waals surface area contributed by atoms with Crippen molar-refractivity contribution in [3.63, 3.8) is 0 Å². The smallest absolute Gasteiger partial charge is 0.289 e. The van der Waals surface area contributed by atoms with E-state index in [0.717, 1.165) is 10.5 Å². The Morgan fingerprint density at radius 1 is 0.800 bits per heavy atom. The van der Waals surface area contributed by atoms with Crippen molar-refractivity contribution < 1.29 is 19.1 Å². The maximum atomic E-state index is 13.7. The number of anilines is 2. The number of likely N-dealkylation sites (N-methyl/N-ethyl adjacent to an activating group) is 2. The lowest BCUT2D eigenvalue weighted by atomic mass is 10.2. The van der Waals surface area contributed by atoms with E-state index >= 15 is 0 Å². The Hall–Kier alpha value is -4.17. The Morgan fingerprint density at radius 3 is 1.97 bits per heavy atom. The fraction of sp³-hybridized carbons (Fsp3) is 0.222. The van der Waals surface area contributed by atoms with E-state index in [1.165, 1.54) is 9.80 Å². The molecule has 3 aromatic carbocycles. The minimum atomic E-state index is -1.41. The molecule has 0 aliphatic rings. The number of rotatable bonds is 9. The highest BCUT2D eigenvalue weighted by molar-refractivity contribution is 6.01. The molecule has 0 aromatic heterocycles. The molecule has 0 spiro atoms. The van der Waals surface area contributed by atoms with Gasteiger partial charge in [-0.25, -0.2) is 0 Å². The van der Waals surface area contributed by atoms with Gasteiger partial charge in [0, 0.05) is 25.5 Å². The van der Waals surface area contributed by atoms with Gasteiger partial charge >= 0.3 is 0 Å². The van der Waals surface area contributed by atoms with Gasteiger partial charge in [0.15, 0.2) is 0 Å². The van der Waals surface area contributed by atoms with Crippen LogP contribution in [0.25, 0.3) is 0 Å². The molecule has 0 aliphatic carbocycles. The first-order valence-corrected chi connectivity index (χ1v) is 11.2. The summed E-state index contributed by atoms with van der Waals surface area (Å²) in [5.41, 5.74) is 7.87. The Bertz CT molecular complexity index is 1150. The number of ether oxygens (including phenoxy) is 1. The first kappa shape index (κ1) is 25.5. The van der Waals surface area contributed by atoms with E-state index in [1.54, 1.807) is 56.6 Å². The summed E-state index contributed by atoms with van der Waals surface area (Å²) in [5, 5.41) is 0. The van der Waals surface area contributed by atoms with Crippen LogP contribution >= 0.6 is 0 Å². The Labute approximate surface area is 205 Å². The molecule has 8 nitrogen and oxygen atoms in total. The van der Waals surface area contributed by atoms with Crippen molar-refractivity contribution in [1.82, 2.24) is 4.90 Å². The molecular weight excluding hydrogens is 444 g/mol. The Balaban J connectivity index is 1.96. The average Bonchev–Trinajstić information content (AvgIpc) is 2.90. The lowest BCUT2D eigenvalue weighted by Gasteiger charge is -2.34. The molecule has 0 bridgehead atoms. The molecule has 0 fully saturated rings. The van der Waals surface area contributed by atoms with Crippen LogP contribution in [0.1, 0.15) is 5.56 Å². The summed E-state index contributed by atoms with van der Waals surface area (Å²) >= 11 is 0. The highest BCUT2D eigenvalue weighted by Crippen LogP contribution is 2.22. The molecule has 1 atom stereocenters. The Kier molecular flexibility index (Phi) is 8.58. The molecule has 2 N–H and O–H groups in total. The van der Waals surface area contributed by atoms with Gasteiger partial charge in [0.05, 0.1) is 6.54 Å². The van der Waals surface area contributed by atoms with Crippen molar-refractivity contribution in [1.29, 1.82) is 0 Å². The second kappa shape index (κ2) is 11.8. The molecule has 0 aliphatic heterocycles. The summed E-state index contributed by atoms with van der Waals surface area (Å²) in [6, 6.07) is 25.1. The number of para-hydroxylation sites is 3. The van der Waals surface area contributed by atoms with Crippen LogP contribution < -0.4 is 20.3 Å². The monoisotopic (exact) mass is 474 g/mol. The topological polar surface area (TPSA) is 96.2 Å². The Morgan fingerprint density at radius 2 is 1.37 bits per heavy atom. The minimum Gasteiger partial charge on any atom is -0.461 e. The van der Waals surface area contributed by atoms with E-state index in [9.17, 15) is 14.4 Å². The van der Waals surface area contributed by atoms with Gasteiger partial charge in [-0.3, -0.25) is 19.3 Å². The first-order chi connectivity index (χ1) is 16.8. The van der Waals surface area contributed by atoms with Crippen molar-refractivity contribution in [2.24, 2.45) is 5.73 Å². The van der Waals surface area contributed by atoms with Crippen molar-refractivity contribution in [3.8, 4) is 5.75 Å². The number of carbonyl (C=O) groups excluding carboxylic acids is 3. The van der Waals surface area contributed by atoms with E-state index in [1.807, 2.05) is 49.4 Å². The summed E-state index contributed by atoms with van der Waals surface area (Å²) in [6.07, 6.45) is -1.41. The van der Waals surface area contributed by atoms with Gasteiger partial charge in [0.1, 0.15) is 12.3 Å². The lowest BCUT2D eigenvalue weighted by molar-refractivity contribution is -0.150. The molecule has 0 heterocycles. The SMILES string of the molecule is Cc1ccccc1N(C)C(=O)C(Oc1ccccc1)N(CC(=O)N(C)c1ccccc1)C(=O)CN. The van der Waals surface area contributed by atoms with Gasteiger partial charge < -0.3 is 20.3 Å². The van der Waals surface area contributed by atoms with Gasteiger partial charge in [-0.05, 0) is 42.8 Å². The molecule has 8 heteroatoms. The third kappa shape index (κ3) is 6.24. The first-order valence-electron chi connectivity index (χ1n) is 11.2. The lowest BCUT2D eigenvalue weighted by Crippen LogP contribution is -2.57. The van der Waals surface area contributed by atoms with Crippen LogP contribution in [0.5, 0.6) is 5.75 Å². The quantitative estimate of drug-likeness (QED) is 0.481. The number of benzene rings is 3. The van der Waals surface area contributed by atoms with Crippen LogP contribution in [0.3, 0.4) is 0 Å². The zero-order valence-corrected chi connectivity index (χ0v) is 20.1. The predicted octanol–water partition coefficient (Wildman–Crippen LogP) is 2.81. The highest BCUT2D eigenvalue weighted by atomic mass is 16.5. The van der Waals surface area contributed by atoms with Crippen molar-refractivity contribution >= 4 is 29.1 Å². The molecule has 182 valence electrons. The van der Waals surface area contributed by atoms with Gasteiger partial charge in [0.25, 0.3) is 12.1 Å². The highest BCUT2D eigenvalue weighted by Gasteiger charge is 2.36. The fourth-order valence-electron chi connectivity index (χ4n) is 3.57. The molecule has 3 aromatic rings. The number of hydrogen-bond donors (Lipinski definition) is 1. The number of carbonyl (C=O) groups is 3. The standard InChI is InChI=1S/C27H30N4O4/c1-20-12-10-11-17-23(20)30(3)26(34)27(35-22-15-8-5-9-16-22)31(24(32)18-28)19-25(33)29(2)21-13-6-4-7-14-21/h4-17,27H,18-19,28H2,1-3H3. The normalized spacial score (nSPS) is 11.3. The van der Waals surface area contributed by atoms with E-state index in [4.69, 9.17) is 10.5 Å². The number of amides is 3. The molecule has 35 heavy (non-hydrogen) atoms. The third-order valence-corrected chi connectivity index (χ3v) is 5.61. The van der Waals surface area contributed by atoms with Crippen LogP contribution in [0, 0.1) is 6.92 Å². The third-order valence-electron chi connectivity index (χ3n) is 5.61. The van der Waals surface area contributed by atoms with Gasteiger partial charge in [0.2, 0.25) is 11.8 Å². The fourth-order valence-corrected chi connectivity index (χ4v) is 3.57. The van der Waals surface area contributed by atoms with Crippen LogP contribution in [-0.4, -0.2) is 56.0 Å². The largest absolute Gasteiger partial charge is 0.461 e. The number of nitrogens with two attached hydrogens (primary N) is 1. The second-order valence-electron chi connectivity index (χ2n) is 7.98. The number of hydrogen-bond acceptors (Lipinski definition) is 5. The summed E-state index contributed by atoms with van der Waals surface area (Å²) in [4.78, 5) is 43.8. The van der Waals surface area contributed by atoms with Gasteiger partial charge in [-0.2, -0.15) is 0 Å². The van der Waals surface area contributed by atoms with Crippen LogP contribution in [0.4, 0.5) is 11.4 Å². The maximum absolute atomic E-state index is 13.7. The van der Waals surface area contributed by atoms with Gasteiger partial charge in [-0.1, -0.05) is 54.6 Å². The summed E-state index contributed by atoms with van der Waals surface area (Å²) in [6.45, 7) is 1.10. The minimum absolute atomic E-state index is 0.378. The van der Waals surface area contributed by atoms with E-state index in [0.29, 0.717) is 17.1 Å². The molecule has 3 amide bonds. The van der Waals surface area contributed by atoms with Crippen molar-refractivity contribution in [3.05, 3.63) is 90.5 Å². The van der Waals surface area contributed by atoms with Crippen LogP contribution in [0.2, 0.25) is 0 Å². The molecule has 0 saturated carbocycles. The molecule has 3 rings (SSSR count). The number of aryl methyl sites for hydroxylation is 1. The average molecular weight is 475 g/mol. The molecule has 0 saturated heterocycles. The van der Waals surface area contributed by atoms with Crippen molar-refractivity contribution in [2.75, 3.05) is 37.0 Å². The van der Waals surface area contributed by atoms with Gasteiger partial charge in [-0.15, -0.1) is 0 Å². The molecule has 1 unspecified atom stereocenters. The zero-order valence-electron chi connectivity index (χ0n) is 20.1. The van der Waals surface area contributed by atoms with E-state index < -0.39 is 37.0 Å². The summed E-state index contributed by atoms with van der Waals surface area (Å²) in [7, 11) is 3.21. The van der Waals surface area contributed by atoms with Crippen LogP contribution in [-0.2, 0) is 14.4 Å². The van der Waals surface area contributed by atoms with E-state index in [2.05, 4.69) is 0 Å². The van der Waals surface area contributed by atoms with Crippen LogP contribution in [0.15, 0.2) is 84.9 Å². The molecule has 0 radical (unpaired) electrons. The maximum Gasteiger partial charge on any atom is 0.289 e. The summed E-state index contributed by atoms with van der Waals surface area (Å²) in [5.74, 6) is -1.12. The molecular formula is C27H30N4O4. The van der Waals surface area contributed by atoms with Crippen molar-refractivity contribution in [2.45, 2.75) is 13.2 Å². The zero-order chi connectivity index (χ0) is 25.4. The predicted molar refractivity (Wildman–Crippen MR) is 136 cm³/mol. The summed E-state index contributed by atoms with van der Waals surface area (Å²) < 4.78 is 6.02. The second-order valence-corrected chi connectivity index (χ2v) is 7.98. The number of nitrogens with zero attached hydrogens (tertiary/aromatic N) is 3.